The van der Waals surface area contributed by atoms with Gasteiger partial charge in [0, 0.05) is 25.3 Å². The summed E-state index contributed by atoms with van der Waals surface area (Å²) in [5.74, 6) is 0.489. The Bertz CT molecular complexity index is 482. The van der Waals surface area contributed by atoms with Gasteiger partial charge in [0.05, 0.1) is 6.07 Å². The Kier molecular flexibility index (Phi) is 4.35. The fraction of sp³-hybridized carbons (Fsp3) is 0.588. The molecule has 108 valence electrons. The van der Waals surface area contributed by atoms with Crippen molar-refractivity contribution < 1.29 is 0 Å². The van der Waals surface area contributed by atoms with Crippen LogP contribution in [-0.4, -0.2) is 25.2 Å². The Morgan fingerprint density at radius 2 is 1.95 bits per heavy atom. The van der Waals surface area contributed by atoms with Crippen molar-refractivity contribution in [1.82, 2.24) is 5.32 Å². The molecule has 1 aromatic carbocycles. The van der Waals surface area contributed by atoms with Crippen LogP contribution in [0.4, 0.5) is 5.69 Å². The summed E-state index contributed by atoms with van der Waals surface area (Å²) in [6, 6.07) is 11.4. The largest absolute Gasteiger partial charge is 0.372 e. The van der Waals surface area contributed by atoms with Gasteiger partial charge in [-0.1, -0.05) is 17.7 Å². The van der Waals surface area contributed by atoms with Gasteiger partial charge in [-0.15, -0.1) is 0 Å². The number of likely N-dealkylation sites (N-methyl/N-ethyl adjacent to an activating group) is 1. The van der Waals surface area contributed by atoms with E-state index in [9.17, 15) is 5.26 Å². The second-order valence-corrected chi connectivity index (χ2v) is 6.35. The molecule has 0 radical (unpaired) electrons. The first kappa shape index (κ1) is 14.9. The maximum atomic E-state index is 9.74. The van der Waals surface area contributed by atoms with E-state index in [0.717, 1.165) is 19.4 Å². The highest BCUT2D eigenvalue weighted by Crippen LogP contribution is 2.40. The zero-order chi connectivity index (χ0) is 14.8. The van der Waals surface area contributed by atoms with Gasteiger partial charge in [0.15, 0.2) is 0 Å². The number of hydrogen-bond acceptors (Lipinski definition) is 3. The smallest absolute Gasteiger partial charge is 0.127 e. The lowest BCUT2D eigenvalue weighted by atomic mass is 9.93. The molecule has 0 heterocycles. The molecule has 1 unspecified atom stereocenters. The van der Waals surface area contributed by atoms with Gasteiger partial charge < -0.3 is 4.90 Å². The third-order valence-electron chi connectivity index (χ3n) is 3.98. The lowest BCUT2D eigenvalue weighted by molar-refractivity contribution is 0.339. The van der Waals surface area contributed by atoms with Crippen molar-refractivity contribution in [2.24, 2.45) is 5.92 Å². The quantitative estimate of drug-likeness (QED) is 0.864. The standard InChI is InChI=1S/C17H25N3/c1-13(2)19-17(11-18,15-7-8-15)12-20(4)16-9-5-14(3)6-10-16/h5-6,9-10,13,15,19H,7-8,12H2,1-4H3. The Morgan fingerprint density at radius 3 is 2.40 bits per heavy atom. The minimum absolute atomic E-state index is 0.321. The van der Waals surface area contributed by atoms with E-state index < -0.39 is 5.54 Å². The van der Waals surface area contributed by atoms with Crippen LogP contribution in [0, 0.1) is 24.2 Å². The van der Waals surface area contributed by atoms with Crippen LogP contribution in [-0.2, 0) is 0 Å². The molecule has 0 bridgehead atoms. The van der Waals surface area contributed by atoms with Gasteiger partial charge in [-0.2, -0.15) is 5.26 Å². The average molecular weight is 271 g/mol. The number of anilines is 1. The highest BCUT2D eigenvalue weighted by molar-refractivity contribution is 5.48. The summed E-state index contributed by atoms with van der Waals surface area (Å²) in [4.78, 5) is 2.19. The summed E-state index contributed by atoms with van der Waals surface area (Å²) in [7, 11) is 2.07. The molecule has 1 saturated carbocycles. The van der Waals surface area contributed by atoms with Gasteiger partial charge in [-0.05, 0) is 51.7 Å². The molecule has 2 rings (SSSR count). The molecule has 0 saturated heterocycles. The first-order valence-electron chi connectivity index (χ1n) is 7.43. The number of aryl methyl sites for hydroxylation is 1. The molecule has 3 nitrogen and oxygen atoms in total. The van der Waals surface area contributed by atoms with E-state index in [1.807, 2.05) is 0 Å². The molecule has 1 fully saturated rings. The Balaban J connectivity index is 2.15. The zero-order valence-corrected chi connectivity index (χ0v) is 13.0. The summed E-state index contributed by atoms with van der Waals surface area (Å²) in [5, 5.41) is 13.3. The van der Waals surface area contributed by atoms with Crippen LogP contribution in [0.1, 0.15) is 32.3 Å². The third-order valence-corrected chi connectivity index (χ3v) is 3.98. The second-order valence-electron chi connectivity index (χ2n) is 6.35. The van der Waals surface area contributed by atoms with Crippen LogP contribution in [0.3, 0.4) is 0 Å². The predicted molar refractivity (Wildman–Crippen MR) is 83.8 cm³/mol. The molecule has 1 N–H and O–H groups in total. The molecule has 0 aromatic heterocycles. The van der Waals surface area contributed by atoms with E-state index in [-0.39, 0.29) is 0 Å². The number of rotatable bonds is 6. The minimum atomic E-state index is -0.423. The highest BCUT2D eigenvalue weighted by Gasteiger charge is 2.46. The van der Waals surface area contributed by atoms with Gasteiger partial charge in [-0.25, -0.2) is 0 Å². The van der Waals surface area contributed by atoms with Crippen LogP contribution in [0.15, 0.2) is 24.3 Å². The molecule has 1 atom stereocenters. The van der Waals surface area contributed by atoms with Gasteiger partial charge in [0.2, 0.25) is 0 Å². The van der Waals surface area contributed by atoms with Crippen molar-refractivity contribution in [2.45, 2.75) is 45.2 Å². The molecule has 20 heavy (non-hydrogen) atoms. The van der Waals surface area contributed by atoms with Crippen molar-refractivity contribution in [3.63, 3.8) is 0 Å². The Hall–Kier alpha value is -1.53. The first-order chi connectivity index (χ1) is 9.47. The van der Waals surface area contributed by atoms with Crippen molar-refractivity contribution in [2.75, 3.05) is 18.5 Å². The predicted octanol–water partition coefficient (Wildman–Crippen LogP) is 3.10. The summed E-state index contributed by atoms with van der Waals surface area (Å²) < 4.78 is 0. The number of nitrogens with one attached hydrogen (secondary N) is 1. The fourth-order valence-electron chi connectivity index (χ4n) is 2.81. The number of benzene rings is 1. The molecule has 0 spiro atoms. The normalized spacial score (nSPS) is 17.6. The molecule has 1 aromatic rings. The Labute approximate surface area is 122 Å². The number of hydrogen-bond donors (Lipinski definition) is 1. The van der Waals surface area contributed by atoms with Crippen molar-refractivity contribution in [3.8, 4) is 6.07 Å². The topological polar surface area (TPSA) is 39.1 Å². The summed E-state index contributed by atoms with van der Waals surface area (Å²) in [5.41, 5.74) is 2.01. The number of nitrogens with zero attached hydrogens (tertiary/aromatic N) is 2. The first-order valence-corrected chi connectivity index (χ1v) is 7.43. The second kappa shape index (κ2) is 5.85. The van der Waals surface area contributed by atoms with Crippen LogP contribution in [0.5, 0.6) is 0 Å². The summed E-state index contributed by atoms with van der Waals surface area (Å²) in [6.45, 7) is 7.05. The molecule has 1 aliphatic rings. The lowest BCUT2D eigenvalue weighted by Gasteiger charge is -2.35. The van der Waals surface area contributed by atoms with Gasteiger partial charge in [0.1, 0.15) is 5.54 Å². The van der Waals surface area contributed by atoms with E-state index in [0.29, 0.717) is 12.0 Å². The van der Waals surface area contributed by atoms with Gasteiger partial charge in [0.25, 0.3) is 0 Å². The molecule has 0 aliphatic heterocycles. The van der Waals surface area contributed by atoms with Gasteiger partial charge >= 0.3 is 0 Å². The highest BCUT2D eigenvalue weighted by atomic mass is 15.2. The monoisotopic (exact) mass is 271 g/mol. The van der Waals surface area contributed by atoms with Crippen LogP contribution in [0.2, 0.25) is 0 Å². The fourth-order valence-corrected chi connectivity index (χ4v) is 2.81. The van der Waals surface area contributed by atoms with Crippen molar-refractivity contribution in [1.29, 1.82) is 5.26 Å². The summed E-state index contributed by atoms with van der Waals surface area (Å²) >= 11 is 0. The van der Waals surface area contributed by atoms with Crippen molar-refractivity contribution >= 4 is 5.69 Å². The third kappa shape index (κ3) is 3.32. The molecule has 3 heteroatoms. The van der Waals surface area contributed by atoms with E-state index >= 15 is 0 Å². The molecular weight excluding hydrogens is 246 g/mol. The van der Waals surface area contributed by atoms with Crippen LogP contribution >= 0.6 is 0 Å². The van der Waals surface area contributed by atoms with Crippen LogP contribution in [0.25, 0.3) is 0 Å². The van der Waals surface area contributed by atoms with E-state index in [2.05, 4.69) is 68.4 Å². The molecular formula is C17H25N3. The molecule has 0 amide bonds. The lowest BCUT2D eigenvalue weighted by Crippen LogP contribution is -2.56. The minimum Gasteiger partial charge on any atom is -0.372 e. The summed E-state index contributed by atoms with van der Waals surface area (Å²) in [6.07, 6.45) is 2.32. The van der Waals surface area contributed by atoms with E-state index in [1.54, 1.807) is 0 Å². The number of nitriles is 1. The zero-order valence-electron chi connectivity index (χ0n) is 13.0. The maximum Gasteiger partial charge on any atom is 0.127 e. The molecule has 1 aliphatic carbocycles. The van der Waals surface area contributed by atoms with Gasteiger partial charge in [-0.3, -0.25) is 5.32 Å². The van der Waals surface area contributed by atoms with E-state index in [4.69, 9.17) is 0 Å². The van der Waals surface area contributed by atoms with Crippen molar-refractivity contribution in [3.05, 3.63) is 29.8 Å². The van der Waals surface area contributed by atoms with Crippen LogP contribution < -0.4 is 10.2 Å². The Morgan fingerprint density at radius 1 is 1.35 bits per heavy atom. The van der Waals surface area contributed by atoms with E-state index in [1.165, 1.54) is 11.3 Å². The SMILES string of the molecule is Cc1ccc(N(C)CC(C#N)(NC(C)C)C2CC2)cc1. The average Bonchev–Trinajstić information content (AvgIpc) is 3.22. The maximum absolute atomic E-state index is 9.74.